The molecular weight excluding hydrogens is 349 g/mol. The van der Waals surface area contributed by atoms with E-state index in [-0.39, 0.29) is 18.3 Å². The first-order valence-electron chi connectivity index (χ1n) is 9.04. The SMILES string of the molecule is COc1ccccc1C(=O)N1CCCC(O)(COc2ccc(F)cc2)CC1. The highest BCUT2D eigenvalue weighted by atomic mass is 19.1. The number of aliphatic hydroxyl groups is 1. The largest absolute Gasteiger partial charge is 0.496 e. The van der Waals surface area contributed by atoms with Crippen molar-refractivity contribution in [1.29, 1.82) is 0 Å². The van der Waals surface area contributed by atoms with Crippen molar-refractivity contribution in [2.45, 2.75) is 24.9 Å². The molecule has 5 nitrogen and oxygen atoms in total. The standard InChI is InChI=1S/C21H24FNO4/c1-26-19-6-3-2-5-18(19)20(24)23-13-4-11-21(25,12-14-23)15-27-17-9-7-16(22)8-10-17/h2-3,5-10,25H,4,11-15H2,1H3. The zero-order valence-corrected chi connectivity index (χ0v) is 15.4. The van der Waals surface area contributed by atoms with Crippen molar-refractivity contribution in [1.82, 2.24) is 4.90 Å². The summed E-state index contributed by atoms with van der Waals surface area (Å²) in [5.41, 5.74) is -0.502. The van der Waals surface area contributed by atoms with E-state index in [2.05, 4.69) is 0 Å². The van der Waals surface area contributed by atoms with Gasteiger partial charge in [0.25, 0.3) is 5.91 Å². The number of likely N-dealkylation sites (tertiary alicyclic amines) is 1. The van der Waals surface area contributed by atoms with Crippen LogP contribution in [0.3, 0.4) is 0 Å². The Hall–Kier alpha value is -2.60. The van der Waals surface area contributed by atoms with E-state index in [0.717, 1.165) is 0 Å². The van der Waals surface area contributed by atoms with Gasteiger partial charge in [-0.25, -0.2) is 4.39 Å². The van der Waals surface area contributed by atoms with E-state index in [9.17, 15) is 14.3 Å². The number of carbonyl (C=O) groups excluding carboxylic acids is 1. The Bertz CT molecular complexity index is 780. The lowest BCUT2D eigenvalue weighted by atomic mass is 9.96. The molecule has 0 saturated carbocycles. The predicted molar refractivity (Wildman–Crippen MR) is 99.6 cm³/mol. The number of rotatable bonds is 5. The van der Waals surface area contributed by atoms with Crippen molar-refractivity contribution in [3.63, 3.8) is 0 Å². The second kappa shape index (κ2) is 8.39. The fraction of sp³-hybridized carbons (Fsp3) is 0.381. The molecule has 27 heavy (non-hydrogen) atoms. The monoisotopic (exact) mass is 373 g/mol. The minimum atomic E-state index is -1.02. The quantitative estimate of drug-likeness (QED) is 0.874. The Labute approximate surface area is 158 Å². The highest BCUT2D eigenvalue weighted by Gasteiger charge is 2.33. The molecule has 1 amide bonds. The first kappa shape index (κ1) is 19.2. The number of methoxy groups -OCH3 is 1. The number of ether oxygens (including phenoxy) is 2. The zero-order chi connectivity index (χ0) is 19.3. The van der Waals surface area contributed by atoms with Crippen LogP contribution in [-0.4, -0.2) is 48.3 Å². The molecule has 2 aromatic carbocycles. The average Bonchev–Trinajstić information content (AvgIpc) is 2.89. The average molecular weight is 373 g/mol. The third-order valence-electron chi connectivity index (χ3n) is 4.86. The zero-order valence-electron chi connectivity index (χ0n) is 15.4. The second-order valence-corrected chi connectivity index (χ2v) is 6.81. The number of hydrogen-bond acceptors (Lipinski definition) is 4. The first-order valence-corrected chi connectivity index (χ1v) is 9.04. The van der Waals surface area contributed by atoms with Crippen LogP contribution in [0.1, 0.15) is 29.6 Å². The van der Waals surface area contributed by atoms with Gasteiger partial charge in [-0.05, 0) is 55.7 Å². The fourth-order valence-corrected chi connectivity index (χ4v) is 3.27. The molecule has 0 radical (unpaired) electrons. The minimum Gasteiger partial charge on any atom is -0.496 e. The Morgan fingerprint density at radius 2 is 1.89 bits per heavy atom. The summed E-state index contributed by atoms with van der Waals surface area (Å²) >= 11 is 0. The van der Waals surface area contributed by atoms with E-state index in [4.69, 9.17) is 9.47 Å². The lowest BCUT2D eigenvalue weighted by Gasteiger charge is -2.27. The second-order valence-electron chi connectivity index (χ2n) is 6.81. The number of benzene rings is 2. The third-order valence-corrected chi connectivity index (χ3v) is 4.86. The van der Waals surface area contributed by atoms with Crippen molar-refractivity contribution in [2.24, 2.45) is 0 Å². The summed E-state index contributed by atoms with van der Waals surface area (Å²) < 4.78 is 23.9. The lowest BCUT2D eigenvalue weighted by molar-refractivity contribution is -0.0163. The van der Waals surface area contributed by atoms with Gasteiger partial charge in [-0.2, -0.15) is 0 Å². The van der Waals surface area contributed by atoms with Gasteiger partial charge in [-0.15, -0.1) is 0 Å². The smallest absolute Gasteiger partial charge is 0.257 e. The molecule has 2 aromatic rings. The maximum Gasteiger partial charge on any atom is 0.257 e. The lowest BCUT2D eigenvalue weighted by Crippen LogP contribution is -2.38. The molecule has 1 heterocycles. The van der Waals surface area contributed by atoms with Crippen LogP contribution in [0.15, 0.2) is 48.5 Å². The normalized spacial score (nSPS) is 20.0. The molecule has 1 unspecified atom stereocenters. The van der Waals surface area contributed by atoms with Gasteiger partial charge in [0.15, 0.2) is 0 Å². The van der Waals surface area contributed by atoms with Crippen LogP contribution in [0, 0.1) is 5.82 Å². The van der Waals surface area contributed by atoms with Crippen LogP contribution in [0.4, 0.5) is 4.39 Å². The van der Waals surface area contributed by atoms with Crippen LogP contribution in [0.5, 0.6) is 11.5 Å². The number of amides is 1. The van der Waals surface area contributed by atoms with Gasteiger partial charge in [-0.1, -0.05) is 12.1 Å². The number of halogens is 1. The molecule has 1 aliphatic rings. The van der Waals surface area contributed by atoms with Crippen LogP contribution in [-0.2, 0) is 0 Å². The number of para-hydroxylation sites is 1. The summed E-state index contributed by atoms with van der Waals surface area (Å²) in [4.78, 5) is 14.6. The van der Waals surface area contributed by atoms with Crippen LogP contribution in [0.2, 0.25) is 0 Å². The Morgan fingerprint density at radius 3 is 2.63 bits per heavy atom. The first-order chi connectivity index (χ1) is 13.0. The molecule has 3 rings (SSSR count). The van der Waals surface area contributed by atoms with Crippen molar-refractivity contribution in [2.75, 3.05) is 26.8 Å². The van der Waals surface area contributed by atoms with Gasteiger partial charge in [0.2, 0.25) is 0 Å². The molecule has 0 aromatic heterocycles. The van der Waals surface area contributed by atoms with E-state index in [1.165, 1.54) is 24.3 Å². The summed E-state index contributed by atoms with van der Waals surface area (Å²) in [5.74, 6) is 0.620. The molecule has 144 valence electrons. The Balaban J connectivity index is 1.62. The number of nitrogens with zero attached hydrogens (tertiary/aromatic N) is 1. The predicted octanol–water partition coefficient (Wildman–Crippen LogP) is 3.27. The van der Waals surface area contributed by atoms with Crippen molar-refractivity contribution in [3.8, 4) is 11.5 Å². The third kappa shape index (κ3) is 4.77. The molecular formula is C21H24FNO4. The molecule has 1 atom stereocenters. The van der Waals surface area contributed by atoms with Gasteiger partial charge in [-0.3, -0.25) is 4.79 Å². The number of hydrogen-bond donors (Lipinski definition) is 1. The summed E-state index contributed by atoms with van der Waals surface area (Å²) in [6, 6.07) is 12.8. The van der Waals surface area contributed by atoms with Gasteiger partial charge in [0, 0.05) is 13.1 Å². The van der Waals surface area contributed by atoms with Crippen LogP contribution >= 0.6 is 0 Å². The molecule has 1 aliphatic heterocycles. The van der Waals surface area contributed by atoms with Crippen LogP contribution in [0.25, 0.3) is 0 Å². The molecule has 0 spiro atoms. The van der Waals surface area contributed by atoms with Crippen molar-refractivity contribution < 1.29 is 23.8 Å². The highest BCUT2D eigenvalue weighted by molar-refractivity contribution is 5.97. The Kier molecular flexibility index (Phi) is 5.96. The Morgan fingerprint density at radius 1 is 1.15 bits per heavy atom. The number of carbonyl (C=O) groups is 1. The molecule has 6 heteroatoms. The van der Waals surface area contributed by atoms with E-state index >= 15 is 0 Å². The molecule has 1 fully saturated rings. The van der Waals surface area contributed by atoms with Crippen molar-refractivity contribution in [3.05, 3.63) is 59.9 Å². The fourth-order valence-electron chi connectivity index (χ4n) is 3.27. The van der Waals surface area contributed by atoms with Gasteiger partial charge >= 0.3 is 0 Å². The minimum absolute atomic E-state index is 0.101. The maximum atomic E-state index is 13.0. The van der Waals surface area contributed by atoms with E-state index in [1.54, 1.807) is 30.2 Å². The summed E-state index contributed by atoms with van der Waals surface area (Å²) in [5, 5.41) is 10.9. The topological polar surface area (TPSA) is 59.0 Å². The van der Waals surface area contributed by atoms with E-state index in [0.29, 0.717) is 49.4 Å². The van der Waals surface area contributed by atoms with E-state index in [1.807, 2.05) is 6.07 Å². The summed E-state index contributed by atoms with van der Waals surface area (Å²) in [6.45, 7) is 1.10. The van der Waals surface area contributed by atoms with Crippen LogP contribution < -0.4 is 9.47 Å². The van der Waals surface area contributed by atoms with E-state index < -0.39 is 5.60 Å². The summed E-state index contributed by atoms with van der Waals surface area (Å²) in [6.07, 6.45) is 1.61. The molecule has 0 aliphatic carbocycles. The van der Waals surface area contributed by atoms with Gasteiger partial charge < -0.3 is 19.5 Å². The van der Waals surface area contributed by atoms with Gasteiger partial charge in [0.05, 0.1) is 12.7 Å². The maximum absolute atomic E-state index is 13.0. The van der Waals surface area contributed by atoms with Crippen molar-refractivity contribution >= 4 is 5.91 Å². The molecule has 1 N–H and O–H groups in total. The highest BCUT2D eigenvalue weighted by Crippen LogP contribution is 2.26. The molecule has 1 saturated heterocycles. The van der Waals surface area contributed by atoms with Gasteiger partial charge in [0.1, 0.15) is 29.5 Å². The summed E-state index contributed by atoms with van der Waals surface area (Å²) in [7, 11) is 1.54. The molecule has 0 bridgehead atoms.